The highest BCUT2D eigenvalue weighted by Gasteiger charge is 2.17. The number of rotatable bonds is 3. The summed E-state index contributed by atoms with van der Waals surface area (Å²) in [5, 5.41) is 0. The van der Waals surface area contributed by atoms with Crippen LogP contribution in [0.15, 0.2) is 4.99 Å². The molecule has 0 amide bonds. The third-order valence-electron chi connectivity index (χ3n) is 3.90. The molecule has 2 aliphatic rings. The molecule has 5 heteroatoms. The largest absolute Gasteiger partial charge is 0.379 e. The molecule has 2 heterocycles. The van der Waals surface area contributed by atoms with E-state index in [-0.39, 0.29) is 0 Å². The Morgan fingerprint density at radius 2 is 1.89 bits per heavy atom. The van der Waals surface area contributed by atoms with Crippen LogP contribution in [-0.4, -0.2) is 68.2 Å². The number of piperidine rings is 1. The van der Waals surface area contributed by atoms with Gasteiger partial charge in [0.1, 0.15) is 0 Å². The van der Waals surface area contributed by atoms with E-state index >= 15 is 0 Å². The van der Waals surface area contributed by atoms with Gasteiger partial charge in [-0.1, -0.05) is 6.92 Å². The van der Waals surface area contributed by atoms with E-state index in [9.17, 15) is 0 Å². The van der Waals surface area contributed by atoms with Crippen molar-refractivity contribution in [2.45, 2.75) is 19.8 Å². The number of nitrogens with zero attached hydrogens (tertiary/aromatic N) is 3. The highest BCUT2D eigenvalue weighted by Crippen LogP contribution is 2.15. The van der Waals surface area contributed by atoms with Crippen molar-refractivity contribution in [2.75, 3.05) is 52.5 Å². The second-order valence-corrected chi connectivity index (χ2v) is 5.36. The highest BCUT2D eigenvalue weighted by molar-refractivity contribution is 5.78. The van der Waals surface area contributed by atoms with Crippen molar-refractivity contribution in [1.29, 1.82) is 0 Å². The Kier molecular flexibility index (Phi) is 5.26. The van der Waals surface area contributed by atoms with Crippen molar-refractivity contribution in [1.82, 2.24) is 9.80 Å². The highest BCUT2D eigenvalue weighted by atomic mass is 16.5. The van der Waals surface area contributed by atoms with E-state index in [1.165, 1.54) is 12.8 Å². The first-order valence-corrected chi connectivity index (χ1v) is 7.10. The number of hydrogen-bond donors (Lipinski definition) is 1. The fourth-order valence-electron chi connectivity index (χ4n) is 2.47. The van der Waals surface area contributed by atoms with Gasteiger partial charge in [-0.3, -0.25) is 9.89 Å². The number of nitrogens with two attached hydrogens (primary N) is 1. The summed E-state index contributed by atoms with van der Waals surface area (Å²) in [6.45, 7) is 9.98. The zero-order chi connectivity index (χ0) is 12.8. The predicted molar refractivity (Wildman–Crippen MR) is 73.7 cm³/mol. The molecule has 2 fully saturated rings. The molecule has 0 aromatic heterocycles. The first-order chi connectivity index (χ1) is 8.75. The van der Waals surface area contributed by atoms with E-state index < -0.39 is 0 Å². The van der Waals surface area contributed by atoms with Crippen molar-refractivity contribution >= 4 is 5.96 Å². The van der Waals surface area contributed by atoms with E-state index in [0.29, 0.717) is 0 Å². The fourth-order valence-corrected chi connectivity index (χ4v) is 2.47. The maximum atomic E-state index is 6.04. The van der Waals surface area contributed by atoms with Crippen LogP contribution in [0.5, 0.6) is 0 Å². The summed E-state index contributed by atoms with van der Waals surface area (Å²) in [5.41, 5.74) is 6.04. The zero-order valence-corrected chi connectivity index (χ0v) is 11.5. The molecule has 0 aromatic rings. The van der Waals surface area contributed by atoms with Crippen molar-refractivity contribution in [3.63, 3.8) is 0 Å². The van der Waals surface area contributed by atoms with E-state index in [0.717, 1.165) is 64.4 Å². The summed E-state index contributed by atoms with van der Waals surface area (Å²) >= 11 is 0. The van der Waals surface area contributed by atoms with Gasteiger partial charge in [-0.05, 0) is 18.8 Å². The number of aliphatic imine (C=N–C) groups is 1. The molecule has 0 atom stereocenters. The topological polar surface area (TPSA) is 54.1 Å². The molecule has 2 saturated heterocycles. The standard InChI is InChI=1S/C13H26N4O/c1-12-2-5-17(6-3-12)13(14)15-4-7-16-8-10-18-11-9-16/h12H,2-11H2,1H3,(H2,14,15). The quantitative estimate of drug-likeness (QED) is 0.584. The zero-order valence-electron chi connectivity index (χ0n) is 11.5. The lowest BCUT2D eigenvalue weighted by molar-refractivity contribution is 0.0394. The first-order valence-electron chi connectivity index (χ1n) is 7.10. The Labute approximate surface area is 110 Å². The van der Waals surface area contributed by atoms with Crippen molar-refractivity contribution in [3.05, 3.63) is 0 Å². The lowest BCUT2D eigenvalue weighted by Crippen LogP contribution is -2.43. The van der Waals surface area contributed by atoms with Gasteiger partial charge < -0.3 is 15.4 Å². The minimum Gasteiger partial charge on any atom is -0.379 e. The third kappa shape index (κ3) is 4.14. The second kappa shape index (κ2) is 6.95. The van der Waals surface area contributed by atoms with Crippen LogP contribution in [0.2, 0.25) is 0 Å². The smallest absolute Gasteiger partial charge is 0.191 e. The predicted octanol–water partition coefficient (Wildman–Crippen LogP) is 0.365. The van der Waals surface area contributed by atoms with Gasteiger partial charge >= 0.3 is 0 Å². The van der Waals surface area contributed by atoms with Gasteiger partial charge in [0, 0.05) is 32.7 Å². The molecule has 0 radical (unpaired) electrons. The van der Waals surface area contributed by atoms with Crippen LogP contribution in [0.25, 0.3) is 0 Å². The summed E-state index contributed by atoms with van der Waals surface area (Å²) in [7, 11) is 0. The van der Waals surface area contributed by atoms with Crippen molar-refractivity contribution in [3.8, 4) is 0 Å². The summed E-state index contributed by atoms with van der Waals surface area (Å²) in [4.78, 5) is 9.11. The summed E-state index contributed by atoms with van der Waals surface area (Å²) < 4.78 is 5.32. The van der Waals surface area contributed by atoms with Gasteiger partial charge in [-0.2, -0.15) is 0 Å². The Morgan fingerprint density at radius 1 is 1.22 bits per heavy atom. The van der Waals surface area contributed by atoms with Crippen LogP contribution in [-0.2, 0) is 4.74 Å². The Hall–Kier alpha value is -0.810. The van der Waals surface area contributed by atoms with E-state index in [1.807, 2.05) is 0 Å². The van der Waals surface area contributed by atoms with Crippen LogP contribution < -0.4 is 5.73 Å². The summed E-state index contributed by atoms with van der Waals surface area (Å²) in [6.07, 6.45) is 2.47. The minimum absolute atomic E-state index is 0.732. The average molecular weight is 254 g/mol. The Balaban J connectivity index is 1.68. The van der Waals surface area contributed by atoms with Crippen LogP contribution in [0.3, 0.4) is 0 Å². The lowest BCUT2D eigenvalue weighted by atomic mass is 10.00. The minimum atomic E-state index is 0.732. The molecule has 18 heavy (non-hydrogen) atoms. The maximum Gasteiger partial charge on any atom is 0.191 e. The molecular formula is C13H26N4O. The second-order valence-electron chi connectivity index (χ2n) is 5.36. The molecule has 0 aliphatic carbocycles. The fraction of sp³-hybridized carbons (Fsp3) is 0.923. The number of ether oxygens (including phenoxy) is 1. The van der Waals surface area contributed by atoms with Gasteiger partial charge in [0.25, 0.3) is 0 Å². The van der Waals surface area contributed by atoms with Crippen molar-refractivity contribution < 1.29 is 4.74 Å². The maximum absolute atomic E-state index is 6.04. The first kappa shape index (κ1) is 13.6. The number of hydrogen-bond acceptors (Lipinski definition) is 3. The summed E-state index contributed by atoms with van der Waals surface area (Å²) in [5.74, 6) is 1.57. The molecule has 104 valence electrons. The number of likely N-dealkylation sites (tertiary alicyclic amines) is 1. The Bertz CT molecular complexity index is 268. The molecule has 5 nitrogen and oxygen atoms in total. The van der Waals surface area contributed by atoms with Gasteiger partial charge in [0.2, 0.25) is 0 Å². The van der Waals surface area contributed by atoms with Gasteiger partial charge in [0.05, 0.1) is 19.8 Å². The third-order valence-corrected chi connectivity index (χ3v) is 3.90. The normalized spacial score (nSPS) is 24.5. The van der Waals surface area contributed by atoms with Gasteiger partial charge in [-0.25, -0.2) is 0 Å². The van der Waals surface area contributed by atoms with Crippen LogP contribution >= 0.6 is 0 Å². The molecule has 0 unspecified atom stereocenters. The summed E-state index contributed by atoms with van der Waals surface area (Å²) in [6, 6.07) is 0. The van der Waals surface area contributed by atoms with E-state index in [2.05, 4.69) is 21.7 Å². The molecule has 0 saturated carbocycles. The molecule has 0 spiro atoms. The van der Waals surface area contributed by atoms with E-state index in [4.69, 9.17) is 10.5 Å². The van der Waals surface area contributed by atoms with Crippen LogP contribution in [0, 0.1) is 5.92 Å². The molecule has 0 bridgehead atoms. The van der Waals surface area contributed by atoms with Crippen LogP contribution in [0.4, 0.5) is 0 Å². The molecule has 2 aliphatic heterocycles. The van der Waals surface area contributed by atoms with E-state index in [1.54, 1.807) is 0 Å². The molecule has 0 aromatic carbocycles. The lowest BCUT2D eigenvalue weighted by Gasteiger charge is -2.31. The molecule has 2 rings (SSSR count). The SMILES string of the molecule is CC1CCN(C(N)=NCCN2CCOCC2)CC1. The average Bonchev–Trinajstić information content (AvgIpc) is 2.40. The number of morpholine rings is 1. The monoisotopic (exact) mass is 254 g/mol. The Morgan fingerprint density at radius 3 is 2.56 bits per heavy atom. The van der Waals surface area contributed by atoms with Crippen molar-refractivity contribution in [2.24, 2.45) is 16.6 Å². The van der Waals surface area contributed by atoms with Gasteiger partial charge in [-0.15, -0.1) is 0 Å². The number of guanidine groups is 1. The molecule has 2 N–H and O–H groups in total. The van der Waals surface area contributed by atoms with Crippen LogP contribution in [0.1, 0.15) is 19.8 Å². The molecular weight excluding hydrogens is 228 g/mol. The van der Waals surface area contributed by atoms with Gasteiger partial charge in [0.15, 0.2) is 5.96 Å².